The molecule has 0 unspecified atom stereocenters. The van der Waals surface area contributed by atoms with Crippen LogP contribution in [-0.2, 0) is 5.41 Å². The maximum atomic E-state index is 4.52. The molecule has 4 rings (SSSR count). The lowest BCUT2D eigenvalue weighted by Crippen LogP contribution is -2.25. The van der Waals surface area contributed by atoms with Gasteiger partial charge in [-0.25, -0.2) is 9.97 Å². The second kappa shape index (κ2) is 4.01. The highest BCUT2D eigenvalue weighted by atomic mass is 14.9. The van der Waals surface area contributed by atoms with Gasteiger partial charge in [-0.15, -0.1) is 0 Å². The molecule has 2 aromatic carbocycles. The van der Waals surface area contributed by atoms with Crippen LogP contribution < -0.4 is 0 Å². The summed E-state index contributed by atoms with van der Waals surface area (Å²) in [5.41, 5.74) is 4.88. The molecule has 0 amide bonds. The molecule has 1 aliphatic rings. The lowest BCUT2D eigenvalue weighted by atomic mass is 9.79. The molecule has 96 valence electrons. The zero-order valence-electron chi connectivity index (χ0n) is 11.2. The smallest absolute Gasteiger partial charge is 0.142 e. The molecule has 0 radical (unpaired) electrons. The molecule has 0 aliphatic heterocycles. The largest absolute Gasteiger partial charge is 0.240 e. The van der Waals surface area contributed by atoms with Gasteiger partial charge in [0.15, 0.2) is 0 Å². The number of aromatic nitrogens is 2. The van der Waals surface area contributed by atoms with Crippen molar-refractivity contribution in [2.75, 3.05) is 0 Å². The Morgan fingerprint density at radius 1 is 0.700 bits per heavy atom. The van der Waals surface area contributed by atoms with Crippen LogP contribution in [0.3, 0.4) is 0 Å². The Kier molecular flexibility index (Phi) is 2.27. The molecule has 0 spiro atoms. The average molecular weight is 258 g/mol. The van der Waals surface area contributed by atoms with Crippen LogP contribution in [0.15, 0.2) is 67.0 Å². The van der Waals surface area contributed by atoms with Crippen molar-refractivity contribution < 1.29 is 0 Å². The van der Waals surface area contributed by atoms with Gasteiger partial charge in [0.05, 0.1) is 5.41 Å². The van der Waals surface area contributed by atoms with Crippen molar-refractivity contribution in [3.8, 4) is 11.1 Å². The van der Waals surface area contributed by atoms with Gasteiger partial charge in [-0.05, 0) is 35.2 Å². The van der Waals surface area contributed by atoms with Crippen molar-refractivity contribution in [2.45, 2.75) is 12.3 Å². The highest BCUT2D eigenvalue weighted by Crippen LogP contribution is 2.50. The van der Waals surface area contributed by atoms with E-state index in [-0.39, 0.29) is 5.41 Å². The molecule has 0 N–H and O–H groups in total. The number of nitrogens with zero attached hydrogens (tertiary/aromatic N) is 2. The first-order valence-electron chi connectivity index (χ1n) is 6.78. The van der Waals surface area contributed by atoms with E-state index in [0.717, 1.165) is 5.82 Å². The minimum Gasteiger partial charge on any atom is -0.240 e. The molecule has 0 saturated carbocycles. The summed E-state index contributed by atoms with van der Waals surface area (Å²) in [7, 11) is 0. The lowest BCUT2D eigenvalue weighted by Gasteiger charge is -2.25. The van der Waals surface area contributed by atoms with Crippen LogP contribution in [0.5, 0.6) is 0 Å². The maximum Gasteiger partial charge on any atom is 0.142 e. The second-order valence-electron chi connectivity index (χ2n) is 5.29. The van der Waals surface area contributed by atoms with Gasteiger partial charge in [0.25, 0.3) is 0 Å². The summed E-state index contributed by atoms with van der Waals surface area (Å²) in [6.07, 6.45) is 3.63. The van der Waals surface area contributed by atoms with Crippen LogP contribution in [0.1, 0.15) is 23.9 Å². The molecule has 2 nitrogen and oxygen atoms in total. The topological polar surface area (TPSA) is 25.8 Å². The first-order chi connectivity index (χ1) is 9.82. The predicted octanol–water partition coefficient (Wildman–Crippen LogP) is 3.81. The van der Waals surface area contributed by atoms with Crippen molar-refractivity contribution in [3.63, 3.8) is 0 Å². The SMILES string of the molecule is CC1(c2ncccn2)c2ccccc2-c2ccccc21. The van der Waals surface area contributed by atoms with E-state index in [4.69, 9.17) is 0 Å². The summed E-state index contributed by atoms with van der Waals surface area (Å²) in [5.74, 6) is 0.859. The Balaban J connectivity index is 2.10. The zero-order chi connectivity index (χ0) is 13.6. The van der Waals surface area contributed by atoms with E-state index in [1.807, 2.05) is 18.5 Å². The van der Waals surface area contributed by atoms with Gasteiger partial charge in [-0.1, -0.05) is 48.5 Å². The normalized spacial score (nSPS) is 14.7. The van der Waals surface area contributed by atoms with Gasteiger partial charge in [0.2, 0.25) is 0 Å². The van der Waals surface area contributed by atoms with E-state index in [1.54, 1.807) is 0 Å². The summed E-state index contributed by atoms with van der Waals surface area (Å²) < 4.78 is 0. The zero-order valence-corrected chi connectivity index (χ0v) is 11.2. The van der Waals surface area contributed by atoms with Crippen LogP contribution in [0.4, 0.5) is 0 Å². The van der Waals surface area contributed by atoms with Crippen LogP contribution >= 0.6 is 0 Å². The molecule has 0 atom stereocenters. The van der Waals surface area contributed by atoms with E-state index in [9.17, 15) is 0 Å². The maximum absolute atomic E-state index is 4.52. The molecule has 0 fully saturated rings. The Morgan fingerprint density at radius 2 is 1.20 bits per heavy atom. The van der Waals surface area contributed by atoms with Gasteiger partial charge in [0, 0.05) is 12.4 Å². The van der Waals surface area contributed by atoms with Crippen molar-refractivity contribution >= 4 is 0 Å². The van der Waals surface area contributed by atoms with E-state index >= 15 is 0 Å². The monoisotopic (exact) mass is 258 g/mol. The molecular formula is C18H14N2. The molecule has 1 aliphatic carbocycles. The molecule has 1 aromatic heterocycles. The van der Waals surface area contributed by atoms with Crippen molar-refractivity contribution in [2.24, 2.45) is 0 Å². The number of benzene rings is 2. The Bertz CT molecular complexity index is 733. The Hall–Kier alpha value is -2.48. The fourth-order valence-electron chi connectivity index (χ4n) is 3.25. The standard InChI is InChI=1S/C18H14N2/c1-18(17-19-11-6-12-20-17)15-9-4-2-7-13(15)14-8-3-5-10-16(14)18/h2-12H,1H3. The van der Waals surface area contributed by atoms with Crippen molar-refractivity contribution in [1.29, 1.82) is 0 Å². The quantitative estimate of drug-likeness (QED) is 0.663. The van der Waals surface area contributed by atoms with Crippen LogP contribution in [0.2, 0.25) is 0 Å². The molecule has 0 saturated heterocycles. The fraction of sp³-hybridized carbons (Fsp3) is 0.111. The Labute approximate surface area is 118 Å². The summed E-state index contributed by atoms with van der Waals surface area (Å²) in [5, 5.41) is 0. The van der Waals surface area contributed by atoms with E-state index < -0.39 is 0 Å². The average Bonchev–Trinajstić information content (AvgIpc) is 2.80. The number of hydrogen-bond acceptors (Lipinski definition) is 2. The number of hydrogen-bond donors (Lipinski definition) is 0. The second-order valence-corrected chi connectivity index (χ2v) is 5.29. The van der Waals surface area contributed by atoms with E-state index in [2.05, 4.69) is 65.4 Å². The van der Waals surface area contributed by atoms with Crippen molar-refractivity contribution in [3.05, 3.63) is 83.9 Å². The van der Waals surface area contributed by atoms with Gasteiger partial charge >= 0.3 is 0 Å². The summed E-state index contributed by atoms with van der Waals surface area (Å²) in [6.45, 7) is 2.22. The Morgan fingerprint density at radius 3 is 1.75 bits per heavy atom. The van der Waals surface area contributed by atoms with Gasteiger partial charge in [0.1, 0.15) is 5.82 Å². The number of fused-ring (bicyclic) bond motifs is 3. The van der Waals surface area contributed by atoms with Crippen LogP contribution in [0.25, 0.3) is 11.1 Å². The van der Waals surface area contributed by atoms with Crippen LogP contribution in [-0.4, -0.2) is 9.97 Å². The third kappa shape index (κ3) is 1.33. The summed E-state index contributed by atoms with van der Waals surface area (Å²) in [6, 6.07) is 19.0. The van der Waals surface area contributed by atoms with E-state index in [1.165, 1.54) is 22.3 Å². The molecule has 0 bridgehead atoms. The van der Waals surface area contributed by atoms with Gasteiger partial charge < -0.3 is 0 Å². The molecule has 1 heterocycles. The van der Waals surface area contributed by atoms with Crippen LogP contribution in [0, 0.1) is 0 Å². The lowest BCUT2D eigenvalue weighted by molar-refractivity contribution is 0.651. The third-order valence-electron chi connectivity index (χ3n) is 4.23. The highest BCUT2D eigenvalue weighted by Gasteiger charge is 2.42. The minimum absolute atomic E-state index is 0.269. The number of rotatable bonds is 1. The minimum atomic E-state index is -0.269. The third-order valence-corrected chi connectivity index (χ3v) is 4.23. The fourth-order valence-corrected chi connectivity index (χ4v) is 3.25. The molecule has 3 aromatic rings. The predicted molar refractivity (Wildman–Crippen MR) is 79.5 cm³/mol. The summed E-state index contributed by atoms with van der Waals surface area (Å²) in [4.78, 5) is 9.04. The van der Waals surface area contributed by atoms with Gasteiger partial charge in [-0.3, -0.25) is 0 Å². The highest BCUT2D eigenvalue weighted by molar-refractivity contribution is 5.82. The van der Waals surface area contributed by atoms with Gasteiger partial charge in [-0.2, -0.15) is 0 Å². The first kappa shape index (κ1) is 11.4. The summed E-state index contributed by atoms with van der Waals surface area (Å²) >= 11 is 0. The van der Waals surface area contributed by atoms with Crippen molar-refractivity contribution in [1.82, 2.24) is 9.97 Å². The molecule has 20 heavy (non-hydrogen) atoms. The first-order valence-corrected chi connectivity index (χ1v) is 6.78. The molecular weight excluding hydrogens is 244 g/mol. The van der Waals surface area contributed by atoms with E-state index in [0.29, 0.717) is 0 Å². The molecule has 2 heteroatoms.